The molecule has 0 fully saturated rings. The van der Waals surface area contributed by atoms with Crippen molar-refractivity contribution in [3.05, 3.63) is 66.3 Å². The van der Waals surface area contributed by atoms with Crippen molar-refractivity contribution in [2.24, 2.45) is 0 Å². The summed E-state index contributed by atoms with van der Waals surface area (Å²) in [4.78, 5) is 0. The van der Waals surface area contributed by atoms with Crippen LogP contribution in [-0.4, -0.2) is 0 Å². The zero-order valence-corrected chi connectivity index (χ0v) is 9.24. The van der Waals surface area contributed by atoms with E-state index in [0.717, 1.165) is 24.1 Å². The molecule has 0 radical (unpaired) electrons. The minimum Gasteiger partial charge on any atom is -0.166 e. The molecule has 0 spiro atoms. The highest BCUT2D eigenvalue weighted by atomic mass is 19.4. The molecule has 0 N–H and O–H groups in total. The molecule has 1 rings (SSSR count). The molecule has 0 amide bonds. The molecular formula is C14H13F3. The molecule has 3 heteroatoms. The van der Waals surface area contributed by atoms with Gasteiger partial charge in [0, 0.05) is 0 Å². The van der Waals surface area contributed by atoms with E-state index in [1.165, 1.54) is 12.1 Å². The maximum Gasteiger partial charge on any atom is 0.416 e. The summed E-state index contributed by atoms with van der Waals surface area (Å²) in [5.41, 5.74) is 0.109. The zero-order chi connectivity index (χ0) is 12.7. The highest BCUT2D eigenvalue weighted by molar-refractivity contribution is 5.51. The third-order valence-electron chi connectivity index (χ3n) is 2.08. The van der Waals surface area contributed by atoms with Crippen molar-refractivity contribution >= 4 is 6.08 Å². The van der Waals surface area contributed by atoms with Crippen molar-refractivity contribution < 1.29 is 13.2 Å². The lowest BCUT2D eigenvalue weighted by Gasteiger charge is -2.05. The lowest BCUT2D eigenvalue weighted by molar-refractivity contribution is -0.137. The SMILES string of the molecule is C=CC/C=C/C=C/c1ccc(C(F)(F)F)cc1. The van der Waals surface area contributed by atoms with Crippen LogP contribution in [0.25, 0.3) is 6.08 Å². The van der Waals surface area contributed by atoms with E-state index in [2.05, 4.69) is 6.58 Å². The number of allylic oxidation sites excluding steroid dienone is 4. The topological polar surface area (TPSA) is 0 Å². The third-order valence-corrected chi connectivity index (χ3v) is 2.08. The van der Waals surface area contributed by atoms with Gasteiger partial charge in [-0.15, -0.1) is 6.58 Å². The zero-order valence-electron chi connectivity index (χ0n) is 9.24. The van der Waals surface area contributed by atoms with Crippen molar-refractivity contribution in [1.29, 1.82) is 0 Å². The van der Waals surface area contributed by atoms with E-state index >= 15 is 0 Å². The molecule has 0 nitrogen and oxygen atoms in total. The standard InChI is InChI=1S/C14H13F3/c1-2-3-4-5-6-7-12-8-10-13(11-9-12)14(15,16)17/h2,4-11H,1,3H2/b5-4+,7-6+. The smallest absolute Gasteiger partial charge is 0.166 e. The van der Waals surface area contributed by atoms with Gasteiger partial charge in [-0.1, -0.05) is 42.5 Å². The van der Waals surface area contributed by atoms with E-state index in [1.807, 2.05) is 12.2 Å². The average molecular weight is 238 g/mol. The molecule has 0 bridgehead atoms. The maximum atomic E-state index is 12.3. The van der Waals surface area contributed by atoms with Gasteiger partial charge in [0.1, 0.15) is 0 Å². The molecule has 90 valence electrons. The van der Waals surface area contributed by atoms with Gasteiger partial charge in [0.2, 0.25) is 0 Å². The molecule has 0 heterocycles. The molecule has 0 saturated carbocycles. The highest BCUT2D eigenvalue weighted by Gasteiger charge is 2.29. The second-order valence-electron chi connectivity index (χ2n) is 3.43. The van der Waals surface area contributed by atoms with Gasteiger partial charge in [-0.25, -0.2) is 0 Å². The van der Waals surface area contributed by atoms with Crippen LogP contribution in [0.2, 0.25) is 0 Å². The van der Waals surface area contributed by atoms with Crippen molar-refractivity contribution in [3.8, 4) is 0 Å². The molecule has 0 aliphatic carbocycles. The number of alkyl halides is 3. The molecule has 0 aliphatic rings. The Labute approximate surface area is 98.8 Å². The molecule has 0 aliphatic heterocycles. The second-order valence-corrected chi connectivity index (χ2v) is 3.43. The first-order valence-corrected chi connectivity index (χ1v) is 5.15. The Balaban J connectivity index is 2.66. The average Bonchev–Trinajstić information content (AvgIpc) is 2.28. The van der Waals surface area contributed by atoms with Crippen LogP contribution in [0.5, 0.6) is 0 Å². The van der Waals surface area contributed by atoms with E-state index in [-0.39, 0.29) is 0 Å². The van der Waals surface area contributed by atoms with Gasteiger partial charge in [-0.3, -0.25) is 0 Å². The van der Waals surface area contributed by atoms with Gasteiger partial charge in [-0.05, 0) is 24.1 Å². The summed E-state index contributed by atoms with van der Waals surface area (Å²) < 4.78 is 36.8. The molecule has 0 unspecified atom stereocenters. The number of hydrogen-bond acceptors (Lipinski definition) is 0. The summed E-state index contributed by atoms with van der Waals surface area (Å²) in [6.45, 7) is 3.57. The number of hydrogen-bond donors (Lipinski definition) is 0. The van der Waals surface area contributed by atoms with Gasteiger partial charge in [0.25, 0.3) is 0 Å². The second kappa shape index (κ2) is 6.09. The first-order valence-electron chi connectivity index (χ1n) is 5.15. The van der Waals surface area contributed by atoms with Gasteiger partial charge in [-0.2, -0.15) is 13.2 Å². The summed E-state index contributed by atoms with van der Waals surface area (Å²) in [6.07, 6.45) is 5.55. The van der Waals surface area contributed by atoms with Crippen molar-refractivity contribution in [1.82, 2.24) is 0 Å². The van der Waals surface area contributed by atoms with E-state index in [4.69, 9.17) is 0 Å². The minimum atomic E-state index is -4.27. The molecule has 0 atom stereocenters. The van der Waals surface area contributed by atoms with Gasteiger partial charge >= 0.3 is 6.18 Å². The van der Waals surface area contributed by atoms with E-state index < -0.39 is 11.7 Å². The summed E-state index contributed by atoms with van der Waals surface area (Å²) in [5, 5.41) is 0. The molecule has 1 aromatic rings. The van der Waals surface area contributed by atoms with E-state index in [0.29, 0.717) is 0 Å². The van der Waals surface area contributed by atoms with Crippen molar-refractivity contribution in [2.75, 3.05) is 0 Å². The predicted molar refractivity (Wildman–Crippen MR) is 64.4 cm³/mol. The molecule has 0 saturated heterocycles. The quantitative estimate of drug-likeness (QED) is 0.519. The van der Waals surface area contributed by atoms with Gasteiger partial charge < -0.3 is 0 Å². The maximum absolute atomic E-state index is 12.3. The summed E-state index contributed by atoms with van der Waals surface area (Å²) in [6, 6.07) is 5.04. The van der Waals surface area contributed by atoms with Crippen LogP contribution in [0, 0.1) is 0 Å². The summed E-state index contributed by atoms with van der Waals surface area (Å²) in [7, 11) is 0. The fourth-order valence-electron chi connectivity index (χ4n) is 1.20. The lowest BCUT2D eigenvalue weighted by Crippen LogP contribution is -2.03. The Morgan fingerprint density at radius 2 is 1.71 bits per heavy atom. The van der Waals surface area contributed by atoms with Crippen LogP contribution < -0.4 is 0 Å². The molecular weight excluding hydrogens is 225 g/mol. The molecule has 1 aromatic carbocycles. The minimum absolute atomic E-state index is 0.628. The number of benzene rings is 1. The lowest BCUT2D eigenvalue weighted by atomic mass is 10.1. The molecule has 17 heavy (non-hydrogen) atoms. The van der Waals surface area contributed by atoms with E-state index in [1.54, 1.807) is 18.2 Å². The van der Waals surface area contributed by atoms with Crippen molar-refractivity contribution in [3.63, 3.8) is 0 Å². The predicted octanol–water partition coefficient (Wildman–Crippen LogP) is 4.85. The Morgan fingerprint density at radius 3 is 2.24 bits per heavy atom. The first kappa shape index (κ1) is 13.3. The monoisotopic (exact) mass is 238 g/mol. The van der Waals surface area contributed by atoms with Crippen LogP contribution in [0.4, 0.5) is 13.2 Å². The normalized spacial score (nSPS) is 12.4. The van der Waals surface area contributed by atoms with Gasteiger partial charge in [0.15, 0.2) is 0 Å². The Hall–Kier alpha value is -1.77. The Morgan fingerprint density at radius 1 is 1.06 bits per heavy atom. The van der Waals surface area contributed by atoms with E-state index in [9.17, 15) is 13.2 Å². The highest BCUT2D eigenvalue weighted by Crippen LogP contribution is 2.29. The van der Waals surface area contributed by atoms with Gasteiger partial charge in [0.05, 0.1) is 5.56 Å². The summed E-state index contributed by atoms with van der Waals surface area (Å²) >= 11 is 0. The third kappa shape index (κ3) is 4.72. The van der Waals surface area contributed by atoms with Crippen LogP contribution in [0.15, 0.2) is 55.1 Å². The van der Waals surface area contributed by atoms with Crippen LogP contribution in [0.3, 0.4) is 0 Å². The Bertz CT molecular complexity index is 408. The first-order chi connectivity index (χ1) is 8.04. The van der Waals surface area contributed by atoms with Crippen LogP contribution in [-0.2, 0) is 6.18 Å². The Kier molecular flexibility index (Phi) is 4.76. The van der Waals surface area contributed by atoms with Crippen LogP contribution in [0.1, 0.15) is 17.5 Å². The fourth-order valence-corrected chi connectivity index (χ4v) is 1.20. The summed E-state index contributed by atoms with van der Waals surface area (Å²) in [5.74, 6) is 0. The molecule has 0 aromatic heterocycles. The largest absolute Gasteiger partial charge is 0.416 e. The number of rotatable bonds is 4. The van der Waals surface area contributed by atoms with Crippen LogP contribution >= 0.6 is 0 Å². The fraction of sp³-hybridized carbons (Fsp3) is 0.143. The van der Waals surface area contributed by atoms with Crippen molar-refractivity contribution in [2.45, 2.75) is 12.6 Å². The number of halogens is 3.